The molecular weight excluding hydrogens is 473 g/mol. The maximum atomic E-state index is 9.21. The first kappa shape index (κ1) is 16.2. The van der Waals surface area contributed by atoms with Crippen molar-refractivity contribution in [3.63, 3.8) is 0 Å². The van der Waals surface area contributed by atoms with Gasteiger partial charge in [-0.2, -0.15) is 0 Å². The molecule has 0 aliphatic rings. The zero-order chi connectivity index (χ0) is 12.3. The SMILES string of the molecule is Cc1cccc(C)c1O.[Cl][W]([Cl])([Cl])([Cl])[Cl]. The van der Waals surface area contributed by atoms with Crippen LogP contribution in [-0.4, -0.2) is 5.11 Å². The van der Waals surface area contributed by atoms with Crippen LogP contribution in [0.5, 0.6) is 5.75 Å². The monoisotopic (exact) mass is 481 g/mol. The fourth-order valence-electron chi connectivity index (χ4n) is 0.806. The normalized spacial score (nSPS) is 13.4. The van der Waals surface area contributed by atoms with Gasteiger partial charge in [-0.25, -0.2) is 0 Å². The van der Waals surface area contributed by atoms with Crippen LogP contribution in [-0.2, 0) is 9.60 Å². The fourth-order valence-corrected chi connectivity index (χ4v) is 0.806. The van der Waals surface area contributed by atoms with Gasteiger partial charge >= 0.3 is 56.7 Å². The van der Waals surface area contributed by atoms with Crippen molar-refractivity contribution in [2.24, 2.45) is 0 Å². The van der Waals surface area contributed by atoms with E-state index in [0.717, 1.165) is 11.1 Å². The van der Waals surface area contributed by atoms with E-state index in [1.165, 1.54) is 0 Å². The molecule has 1 aromatic carbocycles. The third kappa shape index (κ3) is 11.4. The molecule has 1 nitrogen and oxygen atoms in total. The summed E-state index contributed by atoms with van der Waals surface area (Å²) in [6.07, 6.45) is 0. The average molecular weight is 483 g/mol. The Kier molecular flexibility index (Phi) is 6.10. The van der Waals surface area contributed by atoms with E-state index in [1.54, 1.807) is 0 Å². The second kappa shape index (κ2) is 5.67. The number of phenols is 1. The minimum atomic E-state index is -4.39. The number of para-hydroxylation sites is 1. The second-order valence-corrected chi connectivity index (χ2v) is 45.2. The summed E-state index contributed by atoms with van der Waals surface area (Å²) in [6, 6.07) is 5.72. The number of aromatic hydroxyl groups is 1. The molecule has 0 bridgehead atoms. The second-order valence-electron chi connectivity index (χ2n) is 2.82. The van der Waals surface area contributed by atoms with E-state index in [-0.39, 0.29) is 0 Å². The zero-order valence-electron chi connectivity index (χ0n) is 7.98. The van der Waals surface area contributed by atoms with Crippen molar-refractivity contribution in [1.82, 2.24) is 0 Å². The Bertz CT molecular complexity index is 307. The molecule has 0 fully saturated rings. The van der Waals surface area contributed by atoms with Crippen LogP contribution in [0.25, 0.3) is 0 Å². The van der Waals surface area contributed by atoms with Crippen molar-refractivity contribution >= 4 is 47.1 Å². The molecule has 1 rings (SSSR count). The van der Waals surface area contributed by atoms with Crippen molar-refractivity contribution in [2.45, 2.75) is 13.8 Å². The van der Waals surface area contributed by atoms with Crippen LogP contribution in [0.4, 0.5) is 0 Å². The molecule has 0 radical (unpaired) electrons. The summed E-state index contributed by atoms with van der Waals surface area (Å²) in [5, 5.41) is 9.21. The van der Waals surface area contributed by atoms with Gasteiger partial charge in [0.2, 0.25) is 0 Å². The number of rotatable bonds is 0. The Morgan fingerprint density at radius 3 is 1.40 bits per heavy atom. The third-order valence-electron chi connectivity index (χ3n) is 1.44. The molecule has 0 saturated heterocycles. The summed E-state index contributed by atoms with van der Waals surface area (Å²) in [4.78, 5) is 0. The van der Waals surface area contributed by atoms with Crippen LogP contribution in [0, 0.1) is 13.8 Å². The molecule has 15 heavy (non-hydrogen) atoms. The molecular formula is C8H10Cl5OW. The molecule has 0 atom stereocenters. The first-order valence-electron chi connectivity index (χ1n) is 3.74. The van der Waals surface area contributed by atoms with Gasteiger partial charge in [-0.1, -0.05) is 18.2 Å². The number of halogens is 5. The predicted molar refractivity (Wildman–Crippen MR) is 66.8 cm³/mol. The van der Waals surface area contributed by atoms with E-state index in [9.17, 15) is 5.11 Å². The van der Waals surface area contributed by atoms with E-state index < -0.39 is 9.60 Å². The Morgan fingerprint density at radius 2 is 1.20 bits per heavy atom. The Balaban J connectivity index is 0.000000288. The van der Waals surface area contributed by atoms with Crippen LogP contribution in [0.1, 0.15) is 11.1 Å². The molecule has 0 aliphatic carbocycles. The van der Waals surface area contributed by atoms with E-state index in [2.05, 4.69) is 0 Å². The number of benzene rings is 1. The first-order chi connectivity index (χ1) is 6.45. The Hall–Kier alpha value is 1.16. The molecule has 0 unspecified atom stereocenters. The van der Waals surface area contributed by atoms with Crippen LogP contribution in [0.2, 0.25) is 0 Å². The van der Waals surface area contributed by atoms with E-state index >= 15 is 0 Å². The summed E-state index contributed by atoms with van der Waals surface area (Å²) in [5.74, 6) is 0.414. The topological polar surface area (TPSA) is 20.2 Å². The van der Waals surface area contributed by atoms with Gasteiger partial charge in [-0.15, -0.1) is 0 Å². The molecule has 0 saturated carbocycles. The standard InChI is InChI=1S/C8H10O.5ClH.W/c1-6-4-3-5-7(2)8(6)9;;;;;;/h3-5,9H,1-2H3;5*1H;/q;;;;;;+5/p-5. The number of hydrogen-bond donors (Lipinski definition) is 1. The van der Waals surface area contributed by atoms with E-state index in [1.807, 2.05) is 32.0 Å². The fraction of sp³-hybridized carbons (Fsp3) is 0.250. The molecule has 7 heteroatoms. The molecule has 0 amide bonds. The molecule has 89 valence electrons. The van der Waals surface area contributed by atoms with E-state index in [4.69, 9.17) is 47.1 Å². The Labute approximate surface area is 110 Å². The summed E-state index contributed by atoms with van der Waals surface area (Å²) >= 11 is 0. The van der Waals surface area contributed by atoms with Gasteiger partial charge in [0.1, 0.15) is 5.75 Å². The number of aryl methyl sites for hydroxylation is 2. The van der Waals surface area contributed by atoms with Gasteiger partial charge in [0.05, 0.1) is 0 Å². The van der Waals surface area contributed by atoms with Crippen molar-refractivity contribution < 1.29 is 14.7 Å². The van der Waals surface area contributed by atoms with Crippen LogP contribution >= 0.6 is 47.1 Å². The Morgan fingerprint density at radius 1 is 0.933 bits per heavy atom. The van der Waals surface area contributed by atoms with Crippen LogP contribution in [0.3, 0.4) is 0 Å². The first-order valence-corrected chi connectivity index (χ1v) is 21.9. The maximum absolute atomic E-state index is 9.21. The molecule has 0 heterocycles. The summed E-state index contributed by atoms with van der Waals surface area (Å²) in [7, 11) is 20.9. The summed E-state index contributed by atoms with van der Waals surface area (Å²) < 4.78 is 0. The third-order valence-corrected chi connectivity index (χ3v) is 1.44. The van der Waals surface area contributed by atoms with Crippen molar-refractivity contribution in [3.05, 3.63) is 29.3 Å². The average Bonchev–Trinajstić information content (AvgIpc) is 1.95. The van der Waals surface area contributed by atoms with E-state index in [0.29, 0.717) is 5.75 Å². The van der Waals surface area contributed by atoms with Crippen molar-refractivity contribution in [1.29, 1.82) is 0 Å². The molecule has 0 aliphatic heterocycles. The molecule has 1 N–H and O–H groups in total. The van der Waals surface area contributed by atoms with Gasteiger partial charge in [0.15, 0.2) is 0 Å². The van der Waals surface area contributed by atoms with Crippen molar-refractivity contribution in [3.8, 4) is 5.75 Å². The van der Waals surface area contributed by atoms with Gasteiger partial charge in [0, 0.05) is 0 Å². The number of phenolic OH excluding ortho intramolecular Hbond substituents is 1. The quantitative estimate of drug-likeness (QED) is 0.520. The minimum absolute atomic E-state index is 0.414. The van der Waals surface area contributed by atoms with Crippen LogP contribution in [0.15, 0.2) is 18.2 Å². The summed E-state index contributed by atoms with van der Waals surface area (Å²) in [6.45, 7) is 3.78. The predicted octanol–water partition coefficient (Wildman–Crippen LogP) is 5.45. The molecule has 0 spiro atoms. The van der Waals surface area contributed by atoms with Gasteiger partial charge in [-0.3, -0.25) is 0 Å². The van der Waals surface area contributed by atoms with Gasteiger partial charge < -0.3 is 5.11 Å². The van der Waals surface area contributed by atoms with Crippen molar-refractivity contribution in [2.75, 3.05) is 0 Å². The van der Waals surface area contributed by atoms with Gasteiger partial charge in [0.25, 0.3) is 0 Å². The van der Waals surface area contributed by atoms with Crippen LogP contribution < -0.4 is 0 Å². The molecule has 0 aromatic heterocycles. The molecule has 1 aromatic rings. The number of hydrogen-bond acceptors (Lipinski definition) is 1. The van der Waals surface area contributed by atoms with Gasteiger partial charge in [-0.05, 0) is 25.0 Å². The summed E-state index contributed by atoms with van der Waals surface area (Å²) in [5.41, 5.74) is 1.88. The zero-order valence-corrected chi connectivity index (χ0v) is 14.7.